The topological polar surface area (TPSA) is 101 Å². The van der Waals surface area contributed by atoms with Gasteiger partial charge < -0.3 is 10.0 Å². The average molecular weight is 523 g/mol. The summed E-state index contributed by atoms with van der Waals surface area (Å²) in [6.07, 6.45) is -7.84. The molecular formula is C21H16Cl2F4N2O5. The van der Waals surface area contributed by atoms with Crippen molar-refractivity contribution in [3.05, 3.63) is 79.3 Å². The second-order valence-corrected chi connectivity index (χ2v) is 8.88. The summed E-state index contributed by atoms with van der Waals surface area (Å²) >= 11 is 11.6. The molecule has 1 heterocycles. The number of alkyl halides is 4. The second-order valence-electron chi connectivity index (χ2n) is 8.01. The van der Waals surface area contributed by atoms with Gasteiger partial charge >= 0.3 is 12.3 Å². The normalized spacial score (nSPS) is 16.9. The van der Waals surface area contributed by atoms with E-state index in [1.165, 1.54) is 12.1 Å². The van der Waals surface area contributed by atoms with E-state index in [9.17, 15) is 37.3 Å². The van der Waals surface area contributed by atoms with Gasteiger partial charge in [0.2, 0.25) is 6.54 Å². The first-order valence-electron chi connectivity index (χ1n) is 9.62. The number of likely N-dealkylation sites (tertiary alicyclic amines) is 1. The Morgan fingerprint density at radius 3 is 2.06 bits per heavy atom. The Balaban J connectivity index is 1.94. The predicted molar refractivity (Wildman–Crippen MR) is 114 cm³/mol. The number of carbonyl (C=O) groups is 2. The predicted octanol–water partition coefficient (Wildman–Crippen LogP) is 5.50. The fourth-order valence-corrected chi connectivity index (χ4v) is 4.39. The number of hydrogen-bond acceptors (Lipinski definition) is 4. The van der Waals surface area contributed by atoms with E-state index in [0.29, 0.717) is 0 Å². The molecule has 182 valence electrons. The SMILES string of the molecule is O=C(CC(C[N+](=O)[O-])(c1cc(Cl)cc(Cl)c1)C(F)(F)F)c1ccc(C2(F)CN(C(=O)O)C2)cc1. The summed E-state index contributed by atoms with van der Waals surface area (Å²) in [5, 5.41) is 19.7. The standard InChI is InChI=1S/C21H16Cl2F4N2O5/c22-15-5-14(6-16(23)7-15)19(9-29(33)34,21(25,26)27)8-17(30)12-1-3-13(4-2-12)20(24)10-28(11-20)18(31)32/h1-7H,8-11H2,(H,31,32). The number of amides is 1. The lowest BCUT2D eigenvalue weighted by Crippen LogP contribution is -2.58. The Labute approximate surface area is 200 Å². The lowest BCUT2D eigenvalue weighted by atomic mass is 9.74. The number of halogens is 6. The fraction of sp³-hybridized carbons (Fsp3) is 0.333. The molecule has 3 rings (SSSR count). The molecule has 2 aromatic rings. The van der Waals surface area contributed by atoms with Crippen LogP contribution in [0.2, 0.25) is 10.0 Å². The molecule has 1 amide bonds. The minimum atomic E-state index is -5.22. The van der Waals surface area contributed by atoms with Crippen LogP contribution in [0.15, 0.2) is 42.5 Å². The lowest BCUT2D eigenvalue weighted by Gasteiger charge is -2.42. The summed E-state index contributed by atoms with van der Waals surface area (Å²) < 4.78 is 57.7. The molecule has 1 aliphatic rings. The van der Waals surface area contributed by atoms with Crippen molar-refractivity contribution in [1.82, 2.24) is 4.90 Å². The Bertz CT molecular complexity index is 1120. The number of nitro groups is 1. The monoisotopic (exact) mass is 522 g/mol. The molecule has 1 atom stereocenters. The van der Waals surface area contributed by atoms with Crippen molar-refractivity contribution in [2.45, 2.75) is 23.7 Å². The van der Waals surface area contributed by atoms with E-state index in [1.807, 2.05) is 0 Å². The van der Waals surface area contributed by atoms with Gasteiger partial charge in [-0.3, -0.25) is 14.9 Å². The summed E-state index contributed by atoms with van der Waals surface area (Å²) in [7, 11) is 0. The van der Waals surface area contributed by atoms with Gasteiger partial charge in [0.25, 0.3) is 0 Å². The van der Waals surface area contributed by atoms with Crippen LogP contribution in [0.3, 0.4) is 0 Å². The Morgan fingerprint density at radius 2 is 1.62 bits per heavy atom. The van der Waals surface area contributed by atoms with Gasteiger partial charge in [-0.1, -0.05) is 47.5 Å². The molecule has 1 aliphatic heterocycles. The van der Waals surface area contributed by atoms with E-state index in [4.69, 9.17) is 28.3 Å². The molecule has 0 aromatic heterocycles. The van der Waals surface area contributed by atoms with Crippen LogP contribution in [0, 0.1) is 10.1 Å². The van der Waals surface area contributed by atoms with Crippen LogP contribution in [0.4, 0.5) is 22.4 Å². The molecule has 34 heavy (non-hydrogen) atoms. The zero-order chi connectivity index (χ0) is 25.5. The summed E-state index contributed by atoms with van der Waals surface area (Å²) in [5.74, 6) is -1.07. The molecule has 0 spiro atoms. The van der Waals surface area contributed by atoms with Crippen LogP contribution < -0.4 is 0 Å². The van der Waals surface area contributed by atoms with E-state index < -0.39 is 65.7 Å². The molecular weight excluding hydrogens is 507 g/mol. The van der Waals surface area contributed by atoms with Crippen LogP contribution in [0.1, 0.15) is 27.9 Å². The molecule has 1 fully saturated rings. The van der Waals surface area contributed by atoms with Gasteiger partial charge in [0, 0.05) is 27.0 Å². The fourth-order valence-electron chi connectivity index (χ4n) is 3.86. The van der Waals surface area contributed by atoms with Crippen LogP contribution in [-0.4, -0.2) is 52.6 Å². The molecule has 1 unspecified atom stereocenters. The Morgan fingerprint density at radius 1 is 1.09 bits per heavy atom. The van der Waals surface area contributed by atoms with Crippen molar-refractivity contribution >= 4 is 35.1 Å². The molecule has 13 heteroatoms. The molecule has 0 saturated carbocycles. The average Bonchev–Trinajstić information content (AvgIpc) is 2.68. The Kier molecular flexibility index (Phi) is 6.82. The van der Waals surface area contributed by atoms with Crippen LogP contribution >= 0.6 is 23.2 Å². The van der Waals surface area contributed by atoms with Crippen molar-refractivity contribution in [3.8, 4) is 0 Å². The molecule has 2 aromatic carbocycles. The molecule has 0 aliphatic carbocycles. The summed E-state index contributed by atoms with van der Waals surface area (Å²) in [5.41, 5.74) is -6.02. The van der Waals surface area contributed by atoms with Crippen LogP contribution in [-0.2, 0) is 11.1 Å². The Hall–Kier alpha value is -2.92. The minimum Gasteiger partial charge on any atom is -0.465 e. The third-order valence-corrected chi connectivity index (χ3v) is 6.13. The minimum absolute atomic E-state index is 0.0514. The molecule has 1 saturated heterocycles. The highest BCUT2D eigenvalue weighted by Gasteiger charge is 2.60. The van der Waals surface area contributed by atoms with Gasteiger partial charge in [0.1, 0.15) is 0 Å². The third kappa shape index (κ3) is 4.95. The highest BCUT2D eigenvalue weighted by molar-refractivity contribution is 6.34. The van der Waals surface area contributed by atoms with Gasteiger partial charge in [-0.05, 0) is 29.3 Å². The highest BCUT2D eigenvalue weighted by Crippen LogP contribution is 2.46. The maximum atomic E-state index is 14.8. The molecule has 7 nitrogen and oxygen atoms in total. The number of carbonyl (C=O) groups excluding carboxylic acids is 1. The quantitative estimate of drug-likeness (QED) is 0.224. The molecule has 0 radical (unpaired) electrons. The van der Waals surface area contributed by atoms with Gasteiger partial charge in [-0.2, -0.15) is 13.2 Å². The number of ketones is 1. The van der Waals surface area contributed by atoms with E-state index >= 15 is 0 Å². The van der Waals surface area contributed by atoms with E-state index in [1.54, 1.807) is 0 Å². The number of benzene rings is 2. The van der Waals surface area contributed by atoms with Crippen molar-refractivity contribution in [2.24, 2.45) is 0 Å². The second kappa shape index (κ2) is 9.03. The van der Waals surface area contributed by atoms with Crippen molar-refractivity contribution in [3.63, 3.8) is 0 Å². The zero-order valence-electron chi connectivity index (χ0n) is 17.1. The van der Waals surface area contributed by atoms with Crippen molar-refractivity contribution < 1.29 is 37.2 Å². The third-order valence-electron chi connectivity index (χ3n) is 5.70. The number of Topliss-reactive ketones (excluding diaryl/α,β-unsaturated/α-hetero) is 1. The zero-order valence-corrected chi connectivity index (χ0v) is 18.6. The van der Waals surface area contributed by atoms with Gasteiger partial charge in [-0.25, -0.2) is 9.18 Å². The number of carboxylic acid groups (broad SMARTS) is 1. The first kappa shape index (κ1) is 25.7. The summed E-state index contributed by atoms with van der Waals surface area (Å²) in [6.45, 7) is -2.49. The number of nitrogens with zero attached hydrogens (tertiary/aromatic N) is 2. The van der Waals surface area contributed by atoms with Gasteiger partial charge in [-0.15, -0.1) is 0 Å². The largest absolute Gasteiger partial charge is 0.465 e. The maximum absolute atomic E-state index is 14.8. The van der Waals surface area contributed by atoms with Crippen LogP contribution in [0.5, 0.6) is 0 Å². The first-order chi connectivity index (χ1) is 15.7. The molecule has 1 N–H and O–H groups in total. The molecule has 0 bridgehead atoms. The van der Waals surface area contributed by atoms with Crippen molar-refractivity contribution in [1.29, 1.82) is 0 Å². The van der Waals surface area contributed by atoms with Gasteiger partial charge in [0.15, 0.2) is 16.9 Å². The van der Waals surface area contributed by atoms with Crippen LogP contribution in [0.25, 0.3) is 0 Å². The number of hydrogen-bond donors (Lipinski definition) is 1. The van der Waals surface area contributed by atoms with E-state index in [0.717, 1.165) is 35.2 Å². The number of rotatable bonds is 7. The van der Waals surface area contributed by atoms with Gasteiger partial charge in [0.05, 0.1) is 13.1 Å². The highest BCUT2D eigenvalue weighted by atomic mass is 35.5. The van der Waals surface area contributed by atoms with Crippen molar-refractivity contribution in [2.75, 3.05) is 19.6 Å². The lowest BCUT2D eigenvalue weighted by molar-refractivity contribution is -0.501. The van der Waals surface area contributed by atoms with E-state index in [-0.39, 0.29) is 21.2 Å². The maximum Gasteiger partial charge on any atom is 0.407 e. The van der Waals surface area contributed by atoms with E-state index in [2.05, 4.69) is 0 Å². The first-order valence-corrected chi connectivity index (χ1v) is 10.4. The smallest absolute Gasteiger partial charge is 0.407 e. The summed E-state index contributed by atoms with van der Waals surface area (Å²) in [6, 6.07) is 7.44. The summed E-state index contributed by atoms with van der Waals surface area (Å²) in [4.78, 5) is 34.6.